The summed E-state index contributed by atoms with van der Waals surface area (Å²) in [5.41, 5.74) is 1.56. The molecule has 0 aliphatic heterocycles. The summed E-state index contributed by atoms with van der Waals surface area (Å²) in [7, 11) is 0. The van der Waals surface area contributed by atoms with Gasteiger partial charge in [0.1, 0.15) is 5.01 Å². The molecule has 1 atom stereocenters. The highest BCUT2D eigenvalue weighted by molar-refractivity contribution is 9.09. The molecule has 0 saturated carbocycles. The Morgan fingerprint density at radius 3 is 2.84 bits per heavy atom. The predicted octanol–water partition coefficient (Wildman–Crippen LogP) is 4.27. The molecule has 1 unspecified atom stereocenters. The van der Waals surface area contributed by atoms with E-state index in [0.29, 0.717) is 10.6 Å². The van der Waals surface area contributed by atoms with Crippen LogP contribution in [0.2, 0.25) is 0 Å². The Bertz CT molecular complexity index is 615. The Hall–Kier alpha value is -1.34. The van der Waals surface area contributed by atoms with Crippen LogP contribution in [0.25, 0.3) is 10.6 Å². The first-order valence-corrected chi connectivity index (χ1v) is 7.49. The van der Waals surface area contributed by atoms with Gasteiger partial charge in [-0.25, -0.2) is 0 Å². The molecular formula is C12H12BrN3O2S. The van der Waals surface area contributed by atoms with Crippen LogP contribution in [0, 0.1) is 17.0 Å². The van der Waals surface area contributed by atoms with Gasteiger partial charge >= 0.3 is 0 Å². The van der Waals surface area contributed by atoms with E-state index >= 15 is 0 Å². The summed E-state index contributed by atoms with van der Waals surface area (Å²) in [6.07, 6.45) is 0.893. The van der Waals surface area contributed by atoms with Crippen molar-refractivity contribution < 1.29 is 4.92 Å². The fourth-order valence-corrected chi connectivity index (χ4v) is 2.93. The number of aryl methyl sites for hydroxylation is 1. The van der Waals surface area contributed by atoms with E-state index in [1.54, 1.807) is 12.1 Å². The number of halogens is 1. The number of rotatable bonds is 4. The zero-order chi connectivity index (χ0) is 14.0. The Kier molecular flexibility index (Phi) is 4.26. The van der Waals surface area contributed by atoms with Gasteiger partial charge in [-0.05, 0) is 25.0 Å². The molecule has 1 heterocycles. The van der Waals surface area contributed by atoms with Gasteiger partial charge in [0.05, 0.1) is 15.3 Å². The molecule has 19 heavy (non-hydrogen) atoms. The first-order valence-electron chi connectivity index (χ1n) is 5.75. The van der Waals surface area contributed by atoms with Gasteiger partial charge in [0.15, 0.2) is 5.01 Å². The van der Waals surface area contributed by atoms with Gasteiger partial charge in [0.2, 0.25) is 0 Å². The van der Waals surface area contributed by atoms with Gasteiger partial charge in [-0.15, -0.1) is 10.2 Å². The molecule has 2 rings (SSSR count). The van der Waals surface area contributed by atoms with Crippen molar-refractivity contribution in [2.75, 3.05) is 0 Å². The number of hydrogen-bond acceptors (Lipinski definition) is 5. The number of nitro groups is 1. The molecule has 0 N–H and O–H groups in total. The summed E-state index contributed by atoms with van der Waals surface area (Å²) < 4.78 is 0. The van der Waals surface area contributed by atoms with Crippen molar-refractivity contribution in [3.8, 4) is 10.6 Å². The minimum atomic E-state index is -0.388. The van der Waals surface area contributed by atoms with E-state index in [1.165, 1.54) is 17.4 Å². The van der Waals surface area contributed by atoms with Crippen LogP contribution < -0.4 is 0 Å². The molecule has 0 radical (unpaired) electrons. The summed E-state index contributed by atoms with van der Waals surface area (Å²) in [5, 5.41) is 20.6. The number of nitro benzene ring substituents is 1. The molecule has 2 aromatic rings. The molecule has 0 saturated heterocycles. The minimum absolute atomic E-state index is 0.0657. The van der Waals surface area contributed by atoms with E-state index in [-0.39, 0.29) is 15.4 Å². The molecule has 0 bridgehead atoms. The smallest absolute Gasteiger partial charge is 0.258 e. The van der Waals surface area contributed by atoms with Crippen molar-refractivity contribution >= 4 is 33.0 Å². The Balaban J connectivity index is 2.49. The normalized spacial score (nSPS) is 12.4. The third-order valence-corrected chi connectivity index (χ3v) is 5.10. The summed E-state index contributed by atoms with van der Waals surface area (Å²) in [4.78, 5) is 10.8. The van der Waals surface area contributed by atoms with Crippen LogP contribution in [-0.2, 0) is 0 Å². The van der Waals surface area contributed by atoms with Crippen molar-refractivity contribution in [3.63, 3.8) is 0 Å². The summed E-state index contributed by atoms with van der Waals surface area (Å²) >= 11 is 4.89. The maximum absolute atomic E-state index is 11.1. The lowest BCUT2D eigenvalue weighted by Gasteiger charge is -2.00. The minimum Gasteiger partial charge on any atom is -0.258 e. The SMILES string of the molecule is CCC(Br)c1nnc(-c2cc(C)ccc2[N+](=O)[O-])s1. The maximum Gasteiger partial charge on any atom is 0.279 e. The molecule has 100 valence electrons. The van der Waals surface area contributed by atoms with Gasteiger partial charge in [0.25, 0.3) is 5.69 Å². The second-order valence-electron chi connectivity index (χ2n) is 4.10. The maximum atomic E-state index is 11.1. The van der Waals surface area contributed by atoms with Gasteiger partial charge in [-0.1, -0.05) is 40.3 Å². The van der Waals surface area contributed by atoms with Crippen LogP contribution in [0.1, 0.15) is 28.7 Å². The molecule has 5 nitrogen and oxygen atoms in total. The first kappa shape index (κ1) is 14.1. The Morgan fingerprint density at radius 2 is 2.21 bits per heavy atom. The van der Waals surface area contributed by atoms with E-state index in [1.807, 2.05) is 13.8 Å². The van der Waals surface area contributed by atoms with Crippen LogP contribution in [0.5, 0.6) is 0 Å². The summed E-state index contributed by atoms with van der Waals surface area (Å²) in [6, 6.07) is 5.01. The molecular weight excluding hydrogens is 330 g/mol. The van der Waals surface area contributed by atoms with Crippen molar-refractivity contribution in [3.05, 3.63) is 38.9 Å². The zero-order valence-corrected chi connectivity index (χ0v) is 12.9. The lowest BCUT2D eigenvalue weighted by Crippen LogP contribution is -1.92. The molecule has 1 aromatic heterocycles. The van der Waals surface area contributed by atoms with Crippen molar-refractivity contribution in [2.24, 2.45) is 0 Å². The third kappa shape index (κ3) is 2.98. The molecule has 0 amide bonds. The van der Waals surface area contributed by atoms with Gasteiger partial charge in [0, 0.05) is 6.07 Å². The monoisotopic (exact) mass is 341 g/mol. The zero-order valence-electron chi connectivity index (χ0n) is 10.5. The number of alkyl halides is 1. The van der Waals surface area contributed by atoms with Crippen LogP contribution in [0.15, 0.2) is 18.2 Å². The molecule has 7 heteroatoms. The standard InChI is InChI=1S/C12H12BrN3O2S/c1-3-9(13)12-15-14-11(19-12)8-6-7(2)4-5-10(8)16(17)18/h4-6,9H,3H2,1-2H3. The van der Waals surface area contributed by atoms with E-state index < -0.39 is 0 Å². The van der Waals surface area contributed by atoms with E-state index in [4.69, 9.17) is 0 Å². The number of aromatic nitrogens is 2. The molecule has 1 aromatic carbocycles. The number of hydrogen-bond donors (Lipinski definition) is 0. The fraction of sp³-hybridized carbons (Fsp3) is 0.333. The average molecular weight is 342 g/mol. The van der Waals surface area contributed by atoms with Crippen molar-refractivity contribution in [1.82, 2.24) is 10.2 Å². The summed E-state index contributed by atoms with van der Waals surface area (Å²) in [6.45, 7) is 3.93. The lowest BCUT2D eigenvalue weighted by atomic mass is 10.1. The van der Waals surface area contributed by atoms with Crippen LogP contribution in [0.3, 0.4) is 0 Å². The molecule has 0 spiro atoms. The lowest BCUT2D eigenvalue weighted by molar-refractivity contribution is -0.384. The third-order valence-electron chi connectivity index (χ3n) is 2.65. The second kappa shape index (κ2) is 5.75. The van der Waals surface area contributed by atoms with E-state index in [2.05, 4.69) is 26.1 Å². The second-order valence-corrected chi connectivity index (χ2v) is 6.21. The highest BCUT2D eigenvalue weighted by Gasteiger charge is 2.20. The van der Waals surface area contributed by atoms with Crippen LogP contribution in [-0.4, -0.2) is 15.1 Å². The Labute approximate surface area is 123 Å². The van der Waals surface area contributed by atoms with Crippen molar-refractivity contribution in [1.29, 1.82) is 0 Å². The van der Waals surface area contributed by atoms with E-state index in [0.717, 1.165) is 17.0 Å². The topological polar surface area (TPSA) is 68.9 Å². The van der Waals surface area contributed by atoms with Gasteiger partial charge < -0.3 is 0 Å². The number of nitrogens with zero attached hydrogens (tertiary/aromatic N) is 3. The molecule has 0 fully saturated rings. The van der Waals surface area contributed by atoms with E-state index in [9.17, 15) is 10.1 Å². The quantitative estimate of drug-likeness (QED) is 0.473. The highest BCUT2D eigenvalue weighted by Crippen LogP contribution is 2.36. The summed E-state index contributed by atoms with van der Waals surface area (Å²) in [5.74, 6) is 0. The predicted molar refractivity (Wildman–Crippen MR) is 78.7 cm³/mol. The van der Waals surface area contributed by atoms with Crippen LogP contribution in [0.4, 0.5) is 5.69 Å². The van der Waals surface area contributed by atoms with Crippen molar-refractivity contribution in [2.45, 2.75) is 25.1 Å². The molecule has 0 aliphatic carbocycles. The van der Waals surface area contributed by atoms with Gasteiger partial charge in [-0.2, -0.15) is 0 Å². The van der Waals surface area contributed by atoms with Gasteiger partial charge in [-0.3, -0.25) is 10.1 Å². The highest BCUT2D eigenvalue weighted by atomic mass is 79.9. The average Bonchev–Trinajstić information content (AvgIpc) is 2.86. The Morgan fingerprint density at radius 1 is 1.47 bits per heavy atom. The fourth-order valence-electron chi connectivity index (χ4n) is 1.63. The number of benzene rings is 1. The largest absolute Gasteiger partial charge is 0.279 e. The first-order chi connectivity index (χ1) is 9.02. The molecule has 0 aliphatic rings. The van der Waals surface area contributed by atoms with Crippen LogP contribution >= 0.6 is 27.3 Å².